The van der Waals surface area contributed by atoms with Gasteiger partial charge in [0.25, 0.3) is 0 Å². The maximum absolute atomic E-state index is 6.05. The maximum Gasteiger partial charge on any atom is 0.00388 e. The molecule has 1 aliphatic rings. The molecule has 0 aromatic heterocycles. The van der Waals surface area contributed by atoms with Crippen LogP contribution in [0.5, 0.6) is 0 Å². The van der Waals surface area contributed by atoms with Crippen molar-refractivity contribution in [3.05, 3.63) is 35.9 Å². The van der Waals surface area contributed by atoms with E-state index < -0.39 is 0 Å². The fourth-order valence-electron chi connectivity index (χ4n) is 3.05. The van der Waals surface area contributed by atoms with E-state index in [1.807, 2.05) is 0 Å². The Morgan fingerprint density at radius 3 is 2.35 bits per heavy atom. The van der Waals surface area contributed by atoms with Gasteiger partial charge in [0.15, 0.2) is 0 Å². The summed E-state index contributed by atoms with van der Waals surface area (Å²) in [6, 6.07) is 11.4. The summed E-state index contributed by atoms with van der Waals surface area (Å²) in [7, 11) is 0. The molecule has 0 radical (unpaired) electrons. The number of nitrogens with two attached hydrogens (primary N) is 1. The largest absolute Gasteiger partial charge is 0.328 e. The molecule has 1 atom stereocenters. The molecule has 1 aromatic rings. The molecule has 1 heteroatoms. The molecule has 0 aliphatic heterocycles. The summed E-state index contributed by atoms with van der Waals surface area (Å²) >= 11 is 0. The fraction of sp³-hybridized carbons (Fsp3) is 0.625. The van der Waals surface area contributed by atoms with E-state index in [1.54, 1.807) is 0 Å². The summed E-state index contributed by atoms with van der Waals surface area (Å²) < 4.78 is 0. The highest BCUT2D eigenvalue weighted by Gasteiger charge is 2.23. The van der Waals surface area contributed by atoms with Crippen LogP contribution in [0.3, 0.4) is 0 Å². The maximum atomic E-state index is 6.05. The van der Waals surface area contributed by atoms with Crippen LogP contribution in [0.15, 0.2) is 30.3 Å². The normalized spacial score (nSPS) is 26.7. The Labute approximate surface area is 105 Å². The molecule has 1 aliphatic carbocycles. The Kier molecular flexibility index (Phi) is 4.61. The highest BCUT2D eigenvalue weighted by molar-refractivity contribution is 5.19. The van der Waals surface area contributed by atoms with Crippen LogP contribution >= 0.6 is 0 Å². The van der Waals surface area contributed by atoms with Crippen molar-refractivity contribution >= 4 is 0 Å². The molecule has 0 amide bonds. The van der Waals surface area contributed by atoms with Gasteiger partial charge in [-0.25, -0.2) is 0 Å². The first-order valence-corrected chi connectivity index (χ1v) is 7.10. The molecule has 2 rings (SSSR count). The quantitative estimate of drug-likeness (QED) is 0.830. The monoisotopic (exact) mass is 231 g/mol. The predicted octanol–water partition coefficient (Wildman–Crippen LogP) is 4.09. The first-order chi connectivity index (χ1) is 8.29. The lowest BCUT2D eigenvalue weighted by Gasteiger charge is -2.30. The van der Waals surface area contributed by atoms with Gasteiger partial charge in [-0.05, 0) is 55.9 Å². The molecule has 0 saturated heterocycles. The summed E-state index contributed by atoms with van der Waals surface area (Å²) in [6.07, 6.45) is 7.80. The Morgan fingerprint density at radius 2 is 1.76 bits per heavy atom. The van der Waals surface area contributed by atoms with Crippen LogP contribution in [0, 0.1) is 5.92 Å². The summed E-state index contributed by atoms with van der Waals surface area (Å²) in [6.45, 7) is 2.19. The average molecular weight is 231 g/mol. The molecule has 0 spiro atoms. The van der Waals surface area contributed by atoms with Crippen LogP contribution in [0.1, 0.15) is 56.9 Å². The standard InChI is InChI=1S/C16H25N/c1-2-16(17)12-13-8-10-15(11-9-13)14-6-4-3-5-7-14/h3-7,13,15-16H,2,8-12,17H2,1H3. The van der Waals surface area contributed by atoms with Gasteiger partial charge in [-0.2, -0.15) is 0 Å². The molecule has 1 unspecified atom stereocenters. The smallest absolute Gasteiger partial charge is 0.00388 e. The molecular weight excluding hydrogens is 206 g/mol. The van der Waals surface area contributed by atoms with Crippen molar-refractivity contribution < 1.29 is 0 Å². The van der Waals surface area contributed by atoms with Gasteiger partial charge in [0.2, 0.25) is 0 Å². The lowest BCUT2D eigenvalue weighted by molar-refractivity contribution is 0.291. The summed E-state index contributed by atoms with van der Waals surface area (Å²) in [4.78, 5) is 0. The molecule has 1 nitrogen and oxygen atoms in total. The number of hydrogen-bond donors (Lipinski definition) is 1. The van der Waals surface area contributed by atoms with Gasteiger partial charge in [-0.1, -0.05) is 37.3 Å². The molecule has 17 heavy (non-hydrogen) atoms. The van der Waals surface area contributed by atoms with E-state index in [2.05, 4.69) is 37.3 Å². The van der Waals surface area contributed by atoms with E-state index >= 15 is 0 Å². The topological polar surface area (TPSA) is 26.0 Å². The highest BCUT2D eigenvalue weighted by atomic mass is 14.6. The number of benzene rings is 1. The van der Waals surface area contributed by atoms with Crippen molar-refractivity contribution in [3.63, 3.8) is 0 Å². The van der Waals surface area contributed by atoms with E-state index in [1.165, 1.54) is 37.7 Å². The Morgan fingerprint density at radius 1 is 1.12 bits per heavy atom. The van der Waals surface area contributed by atoms with Gasteiger partial charge in [-0.15, -0.1) is 0 Å². The van der Waals surface area contributed by atoms with Crippen molar-refractivity contribution in [3.8, 4) is 0 Å². The first-order valence-electron chi connectivity index (χ1n) is 7.10. The first kappa shape index (κ1) is 12.6. The van der Waals surface area contributed by atoms with Crippen molar-refractivity contribution in [1.82, 2.24) is 0 Å². The van der Waals surface area contributed by atoms with E-state index in [4.69, 9.17) is 5.73 Å². The van der Waals surface area contributed by atoms with Crippen molar-refractivity contribution in [2.24, 2.45) is 11.7 Å². The molecule has 1 saturated carbocycles. The van der Waals surface area contributed by atoms with Gasteiger partial charge in [-0.3, -0.25) is 0 Å². The molecule has 0 heterocycles. The van der Waals surface area contributed by atoms with Crippen LogP contribution in [0.25, 0.3) is 0 Å². The Bertz CT molecular complexity index is 312. The molecule has 1 aromatic carbocycles. The summed E-state index contributed by atoms with van der Waals surface area (Å²) in [5.41, 5.74) is 7.58. The van der Waals surface area contributed by atoms with Crippen molar-refractivity contribution in [1.29, 1.82) is 0 Å². The Balaban J connectivity index is 1.82. The molecule has 2 N–H and O–H groups in total. The molecule has 0 bridgehead atoms. The van der Waals surface area contributed by atoms with Gasteiger partial charge >= 0.3 is 0 Å². The number of hydrogen-bond acceptors (Lipinski definition) is 1. The van der Waals surface area contributed by atoms with E-state index in [9.17, 15) is 0 Å². The molecule has 94 valence electrons. The summed E-state index contributed by atoms with van der Waals surface area (Å²) in [5.74, 6) is 1.68. The molecular formula is C16H25N. The van der Waals surface area contributed by atoms with E-state index in [-0.39, 0.29) is 0 Å². The van der Waals surface area contributed by atoms with Crippen LogP contribution in [0.4, 0.5) is 0 Å². The van der Waals surface area contributed by atoms with E-state index in [0.29, 0.717) is 6.04 Å². The van der Waals surface area contributed by atoms with Gasteiger partial charge in [0, 0.05) is 6.04 Å². The SMILES string of the molecule is CCC(N)CC1CCC(c2ccccc2)CC1. The fourth-order valence-corrected chi connectivity index (χ4v) is 3.05. The minimum absolute atomic E-state index is 0.424. The van der Waals surface area contributed by atoms with Crippen molar-refractivity contribution in [2.75, 3.05) is 0 Å². The minimum Gasteiger partial charge on any atom is -0.328 e. The number of rotatable bonds is 4. The van der Waals surface area contributed by atoms with Crippen LogP contribution in [-0.4, -0.2) is 6.04 Å². The second-order valence-corrected chi connectivity index (χ2v) is 5.53. The predicted molar refractivity (Wildman–Crippen MR) is 74.0 cm³/mol. The van der Waals surface area contributed by atoms with Crippen LogP contribution in [0.2, 0.25) is 0 Å². The van der Waals surface area contributed by atoms with Gasteiger partial charge in [0.1, 0.15) is 0 Å². The van der Waals surface area contributed by atoms with E-state index in [0.717, 1.165) is 18.3 Å². The zero-order valence-electron chi connectivity index (χ0n) is 10.9. The van der Waals surface area contributed by atoms with Crippen LogP contribution in [-0.2, 0) is 0 Å². The third-order valence-electron chi connectivity index (χ3n) is 4.28. The highest BCUT2D eigenvalue weighted by Crippen LogP contribution is 2.37. The van der Waals surface area contributed by atoms with Gasteiger partial charge in [0.05, 0.1) is 0 Å². The summed E-state index contributed by atoms with van der Waals surface area (Å²) in [5, 5.41) is 0. The lowest BCUT2D eigenvalue weighted by Crippen LogP contribution is -2.25. The zero-order valence-corrected chi connectivity index (χ0v) is 10.9. The van der Waals surface area contributed by atoms with Crippen molar-refractivity contribution in [2.45, 2.75) is 57.4 Å². The minimum atomic E-state index is 0.424. The second-order valence-electron chi connectivity index (χ2n) is 5.53. The molecule has 1 fully saturated rings. The van der Waals surface area contributed by atoms with Gasteiger partial charge < -0.3 is 5.73 Å². The average Bonchev–Trinajstić information content (AvgIpc) is 2.40. The lowest BCUT2D eigenvalue weighted by atomic mass is 9.76. The van der Waals surface area contributed by atoms with Crippen LogP contribution < -0.4 is 5.73 Å². The third-order valence-corrected chi connectivity index (χ3v) is 4.28. The Hall–Kier alpha value is -0.820. The second kappa shape index (κ2) is 6.20. The zero-order chi connectivity index (χ0) is 12.1. The third kappa shape index (κ3) is 3.57.